The van der Waals surface area contributed by atoms with Gasteiger partial charge < -0.3 is 5.32 Å². The van der Waals surface area contributed by atoms with E-state index in [2.05, 4.69) is 24.4 Å². The molecule has 1 aromatic heterocycles. The molecule has 1 heterocycles. The quantitative estimate of drug-likeness (QED) is 0.788. The zero-order chi connectivity index (χ0) is 14.5. The van der Waals surface area contributed by atoms with Crippen LogP contribution >= 0.6 is 34.5 Å². The highest BCUT2D eigenvalue weighted by molar-refractivity contribution is 7.11. The lowest BCUT2D eigenvalue weighted by atomic mass is 10.0. The molecule has 2 aromatic rings. The Morgan fingerprint density at radius 3 is 2.25 bits per heavy atom. The van der Waals surface area contributed by atoms with Gasteiger partial charge in [0.15, 0.2) is 0 Å². The Morgan fingerprint density at radius 2 is 1.70 bits per heavy atom. The molecule has 0 amide bonds. The van der Waals surface area contributed by atoms with Crippen molar-refractivity contribution in [1.29, 1.82) is 0 Å². The number of likely N-dealkylation sites (N-methyl/N-ethyl adjacent to an activating group) is 1. The SMILES string of the molecule is CCc1ccc(CC(Cc2c(Cl)cccc2Cl)NC)s1. The highest BCUT2D eigenvalue weighted by Crippen LogP contribution is 2.27. The third kappa shape index (κ3) is 3.98. The second kappa shape index (κ2) is 7.46. The van der Waals surface area contributed by atoms with Gasteiger partial charge in [-0.15, -0.1) is 11.3 Å². The molecule has 1 unspecified atom stereocenters. The first-order valence-electron chi connectivity index (χ1n) is 6.81. The minimum atomic E-state index is 0.343. The van der Waals surface area contributed by atoms with Gasteiger partial charge in [-0.1, -0.05) is 36.2 Å². The molecule has 0 fully saturated rings. The minimum Gasteiger partial charge on any atom is -0.316 e. The number of thiophene rings is 1. The van der Waals surface area contributed by atoms with Crippen LogP contribution in [-0.2, 0) is 19.3 Å². The molecule has 0 aliphatic carbocycles. The normalized spacial score (nSPS) is 12.6. The molecule has 0 aliphatic heterocycles. The van der Waals surface area contributed by atoms with Crippen LogP contribution in [0.25, 0.3) is 0 Å². The molecule has 4 heteroatoms. The monoisotopic (exact) mass is 327 g/mol. The molecular weight excluding hydrogens is 309 g/mol. The van der Waals surface area contributed by atoms with Crippen molar-refractivity contribution in [1.82, 2.24) is 5.32 Å². The molecule has 0 saturated heterocycles. The van der Waals surface area contributed by atoms with Crippen molar-refractivity contribution in [2.24, 2.45) is 0 Å². The van der Waals surface area contributed by atoms with Gasteiger partial charge in [-0.25, -0.2) is 0 Å². The fourth-order valence-electron chi connectivity index (χ4n) is 2.21. The molecule has 0 bridgehead atoms. The lowest BCUT2D eigenvalue weighted by Gasteiger charge is -2.17. The van der Waals surface area contributed by atoms with Gasteiger partial charge >= 0.3 is 0 Å². The van der Waals surface area contributed by atoms with Crippen LogP contribution < -0.4 is 5.32 Å². The van der Waals surface area contributed by atoms with Crippen molar-refractivity contribution >= 4 is 34.5 Å². The average molecular weight is 328 g/mol. The summed E-state index contributed by atoms with van der Waals surface area (Å²) in [5.74, 6) is 0. The Kier molecular flexibility index (Phi) is 5.91. The zero-order valence-corrected chi connectivity index (χ0v) is 14.1. The lowest BCUT2D eigenvalue weighted by molar-refractivity contribution is 0.560. The predicted octanol–water partition coefficient (Wildman–Crippen LogP) is 4.99. The van der Waals surface area contributed by atoms with Gasteiger partial charge in [-0.2, -0.15) is 0 Å². The van der Waals surface area contributed by atoms with Gasteiger partial charge in [0.2, 0.25) is 0 Å². The van der Waals surface area contributed by atoms with Crippen LogP contribution in [0.3, 0.4) is 0 Å². The van der Waals surface area contributed by atoms with E-state index in [1.54, 1.807) is 0 Å². The molecule has 20 heavy (non-hydrogen) atoms. The fraction of sp³-hybridized carbons (Fsp3) is 0.375. The second-order valence-electron chi connectivity index (χ2n) is 4.82. The molecule has 0 radical (unpaired) electrons. The van der Waals surface area contributed by atoms with Crippen molar-refractivity contribution < 1.29 is 0 Å². The number of halogens is 2. The summed E-state index contributed by atoms with van der Waals surface area (Å²) in [7, 11) is 1.99. The Balaban J connectivity index is 2.09. The number of nitrogens with one attached hydrogen (secondary N) is 1. The third-order valence-electron chi connectivity index (χ3n) is 3.43. The minimum absolute atomic E-state index is 0.343. The van der Waals surface area contributed by atoms with Crippen molar-refractivity contribution in [3.05, 3.63) is 55.7 Å². The fourth-order valence-corrected chi connectivity index (χ4v) is 3.80. The van der Waals surface area contributed by atoms with E-state index in [9.17, 15) is 0 Å². The Hall–Kier alpha value is -0.540. The van der Waals surface area contributed by atoms with E-state index in [0.29, 0.717) is 6.04 Å². The molecule has 1 atom stereocenters. The van der Waals surface area contributed by atoms with E-state index in [1.807, 2.05) is 36.6 Å². The van der Waals surface area contributed by atoms with Gasteiger partial charge in [-0.3, -0.25) is 0 Å². The molecular formula is C16H19Cl2NS. The second-order valence-corrected chi connectivity index (χ2v) is 6.88. The molecule has 108 valence electrons. The predicted molar refractivity (Wildman–Crippen MR) is 90.4 cm³/mol. The van der Waals surface area contributed by atoms with Crippen LogP contribution in [0.4, 0.5) is 0 Å². The Morgan fingerprint density at radius 1 is 1.05 bits per heavy atom. The largest absolute Gasteiger partial charge is 0.316 e. The maximum atomic E-state index is 6.25. The van der Waals surface area contributed by atoms with Crippen LogP contribution in [-0.4, -0.2) is 13.1 Å². The highest BCUT2D eigenvalue weighted by atomic mass is 35.5. The van der Waals surface area contributed by atoms with Gasteiger partial charge in [0, 0.05) is 25.8 Å². The molecule has 1 N–H and O–H groups in total. The Labute approximate surface area is 134 Å². The van der Waals surface area contributed by atoms with E-state index in [4.69, 9.17) is 23.2 Å². The van der Waals surface area contributed by atoms with E-state index >= 15 is 0 Å². The zero-order valence-electron chi connectivity index (χ0n) is 11.7. The summed E-state index contributed by atoms with van der Waals surface area (Å²) in [5, 5.41) is 4.87. The van der Waals surface area contributed by atoms with Crippen LogP contribution in [0.15, 0.2) is 30.3 Å². The highest BCUT2D eigenvalue weighted by Gasteiger charge is 2.14. The van der Waals surface area contributed by atoms with Crippen LogP contribution in [0, 0.1) is 0 Å². The summed E-state index contributed by atoms with van der Waals surface area (Å²) in [6.07, 6.45) is 2.95. The number of aryl methyl sites for hydroxylation is 1. The summed E-state index contributed by atoms with van der Waals surface area (Å²) in [6.45, 7) is 2.19. The average Bonchev–Trinajstić information content (AvgIpc) is 2.89. The molecule has 1 nitrogen and oxygen atoms in total. The molecule has 0 saturated carbocycles. The number of hydrogen-bond donors (Lipinski definition) is 1. The first kappa shape index (κ1) is 15.8. The topological polar surface area (TPSA) is 12.0 Å². The van der Waals surface area contributed by atoms with Gasteiger partial charge in [0.05, 0.1) is 0 Å². The van der Waals surface area contributed by atoms with Crippen LogP contribution in [0.5, 0.6) is 0 Å². The van der Waals surface area contributed by atoms with E-state index < -0.39 is 0 Å². The summed E-state index contributed by atoms with van der Waals surface area (Å²) in [6, 6.07) is 10.5. The molecule has 1 aromatic carbocycles. The molecule has 2 rings (SSSR count). The maximum absolute atomic E-state index is 6.25. The Bertz CT molecular complexity index is 545. The standard InChI is InChI=1S/C16H19Cl2NS/c1-3-12-7-8-13(20-12)9-11(19-2)10-14-15(17)5-4-6-16(14)18/h4-8,11,19H,3,9-10H2,1-2H3. The summed E-state index contributed by atoms with van der Waals surface area (Å²) in [5.41, 5.74) is 1.03. The van der Waals surface area contributed by atoms with Gasteiger partial charge in [0.1, 0.15) is 0 Å². The first-order chi connectivity index (χ1) is 9.63. The van der Waals surface area contributed by atoms with E-state index in [0.717, 1.165) is 34.9 Å². The number of benzene rings is 1. The van der Waals surface area contributed by atoms with E-state index in [1.165, 1.54) is 9.75 Å². The van der Waals surface area contributed by atoms with Crippen molar-refractivity contribution in [3.63, 3.8) is 0 Å². The molecule has 0 spiro atoms. The van der Waals surface area contributed by atoms with Crippen LogP contribution in [0.2, 0.25) is 10.0 Å². The first-order valence-corrected chi connectivity index (χ1v) is 8.39. The third-order valence-corrected chi connectivity index (χ3v) is 5.39. The summed E-state index contributed by atoms with van der Waals surface area (Å²) in [4.78, 5) is 2.84. The van der Waals surface area contributed by atoms with Crippen molar-refractivity contribution in [2.75, 3.05) is 7.05 Å². The van der Waals surface area contributed by atoms with Crippen LogP contribution in [0.1, 0.15) is 22.2 Å². The van der Waals surface area contributed by atoms with Crippen molar-refractivity contribution in [2.45, 2.75) is 32.2 Å². The van der Waals surface area contributed by atoms with Gasteiger partial charge in [-0.05, 0) is 56.1 Å². The molecule has 0 aliphatic rings. The number of hydrogen-bond acceptors (Lipinski definition) is 2. The smallest absolute Gasteiger partial charge is 0.0453 e. The van der Waals surface area contributed by atoms with Crippen molar-refractivity contribution in [3.8, 4) is 0 Å². The maximum Gasteiger partial charge on any atom is 0.0453 e. The van der Waals surface area contributed by atoms with E-state index in [-0.39, 0.29) is 0 Å². The van der Waals surface area contributed by atoms with Gasteiger partial charge in [0.25, 0.3) is 0 Å². The number of rotatable bonds is 6. The lowest BCUT2D eigenvalue weighted by Crippen LogP contribution is -2.29. The summed E-state index contributed by atoms with van der Waals surface area (Å²) < 4.78 is 0. The summed E-state index contributed by atoms with van der Waals surface area (Å²) >= 11 is 14.4.